The third-order valence-electron chi connectivity index (χ3n) is 4.09. The van der Waals surface area contributed by atoms with Crippen molar-refractivity contribution in [2.75, 3.05) is 18.5 Å². The first kappa shape index (κ1) is 17.2. The Balaban J connectivity index is 2.97. The van der Waals surface area contributed by atoms with E-state index in [0.29, 0.717) is 11.7 Å². The van der Waals surface area contributed by atoms with Gasteiger partial charge in [-0.2, -0.15) is 0 Å². The van der Waals surface area contributed by atoms with Gasteiger partial charge in [0.25, 0.3) is 0 Å². The Morgan fingerprint density at radius 3 is 2.30 bits per heavy atom. The second-order valence-electron chi connectivity index (χ2n) is 5.72. The SMILES string of the molecule is CCC(CC)(CO)CNc1nc(C(C)C)nc(Cl)c1C. The molecule has 0 fully saturated rings. The Kier molecular flexibility index (Phi) is 6.21. The number of hydrogen-bond acceptors (Lipinski definition) is 4. The Hall–Kier alpha value is -0.870. The molecule has 114 valence electrons. The molecule has 4 nitrogen and oxygen atoms in total. The number of hydrogen-bond donors (Lipinski definition) is 2. The first-order valence-corrected chi connectivity index (χ1v) is 7.65. The number of nitrogens with zero attached hydrogens (tertiary/aromatic N) is 2. The minimum atomic E-state index is -0.109. The van der Waals surface area contributed by atoms with Crippen molar-refractivity contribution in [2.24, 2.45) is 5.41 Å². The van der Waals surface area contributed by atoms with Gasteiger partial charge in [0.15, 0.2) is 0 Å². The monoisotopic (exact) mass is 299 g/mol. The molecule has 0 aromatic carbocycles. The summed E-state index contributed by atoms with van der Waals surface area (Å²) >= 11 is 6.17. The molecule has 1 aromatic heterocycles. The first-order valence-electron chi connectivity index (χ1n) is 7.27. The summed E-state index contributed by atoms with van der Waals surface area (Å²) in [7, 11) is 0. The number of anilines is 1. The summed E-state index contributed by atoms with van der Waals surface area (Å²) < 4.78 is 0. The van der Waals surface area contributed by atoms with Crippen LogP contribution < -0.4 is 5.32 Å². The topological polar surface area (TPSA) is 58.0 Å². The lowest BCUT2D eigenvalue weighted by Gasteiger charge is -2.30. The van der Waals surface area contributed by atoms with Gasteiger partial charge in [0, 0.05) is 23.4 Å². The van der Waals surface area contributed by atoms with E-state index < -0.39 is 0 Å². The molecule has 0 radical (unpaired) electrons. The molecule has 2 N–H and O–H groups in total. The highest BCUT2D eigenvalue weighted by atomic mass is 35.5. The van der Waals surface area contributed by atoms with Gasteiger partial charge in [0.05, 0.1) is 6.61 Å². The minimum absolute atomic E-state index is 0.109. The number of aromatic nitrogens is 2. The van der Waals surface area contributed by atoms with Crippen molar-refractivity contribution < 1.29 is 5.11 Å². The van der Waals surface area contributed by atoms with Crippen LogP contribution in [0.15, 0.2) is 0 Å². The molecule has 0 aliphatic heterocycles. The molecule has 0 saturated carbocycles. The van der Waals surface area contributed by atoms with E-state index in [-0.39, 0.29) is 17.9 Å². The average Bonchev–Trinajstić information content (AvgIpc) is 2.44. The zero-order valence-corrected chi connectivity index (χ0v) is 13.9. The first-order chi connectivity index (χ1) is 9.39. The van der Waals surface area contributed by atoms with E-state index in [2.05, 4.69) is 29.1 Å². The summed E-state index contributed by atoms with van der Waals surface area (Å²) in [5, 5.41) is 13.5. The molecule has 1 aromatic rings. The van der Waals surface area contributed by atoms with Crippen LogP contribution in [0.5, 0.6) is 0 Å². The third kappa shape index (κ3) is 3.83. The van der Waals surface area contributed by atoms with Crippen LogP contribution in [0.2, 0.25) is 5.15 Å². The Morgan fingerprint density at radius 1 is 1.25 bits per heavy atom. The van der Waals surface area contributed by atoms with Crippen molar-refractivity contribution in [1.29, 1.82) is 0 Å². The summed E-state index contributed by atoms with van der Waals surface area (Å²) in [6.45, 7) is 11.0. The molecule has 0 saturated heterocycles. The fourth-order valence-electron chi connectivity index (χ4n) is 1.99. The van der Waals surface area contributed by atoms with E-state index in [1.54, 1.807) is 0 Å². The molecule has 1 rings (SSSR count). The van der Waals surface area contributed by atoms with E-state index in [0.717, 1.165) is 30.0 Å². The van der Waals surface area contributed by atoms with Crippen LogP contribution >= 0.6 is 11.6 Å². The highest BCUT2D eigenvalue weighted by Crippen LogP contribution is 2.28. The Morgan fingerprint density at radius 2 is 1.85 bits per heavy atom. The molecule has 0 aliphatic rings. The van der Waals surface area contributed by atoms with Crippen molar-refractivity contribution >= 4 is 17.4 Å². The second kappa shape index (κ2) is 7.23. The normalized spacial score (nSPS) is 12.0. The van der Waals surface area contributed by atoms with Gasteiger partial charge in [0.2, 0.25) is 0 Å². The summed E-state index contributed by atoms with van der Waals surface area (Å²) in [6.07, 6.45) is 1.84. The van der Waals surface area contributed by atoms with Crippen molar-refractivity contribution in [3.05, 3.63) is 16.5 Å². The van der Waals surface area contributed by atoms with Crippen LogP contribution in [-0.4, -0.2) is 28.2 Å². The minimum Gasteiger partial charge on any atom is -0.396 e. The van der Waals surface area contributed by atoms with Crippen LogP contribution in [0, 0.1) is 12.3 Å². The third-order valence-corrected chi connectivity index (χ3v) is 4.45. The Bertz CT molecular complexity index is 437. The predicted molar refractivity (Wildman–Crippen MR) is 84.5 cm³/mol. The van der Waals surface area contributed by atoms with Crippen LogP contribution in [0.3, 0.4) is 0 Å². The van der Waals surface area contributed by atoms with Crippen molar-refractivity contribution in [1.82, 2.24) is 9.97 Å². The van der Waals surface area contributed by atoms with Crippen LogP contribution in [0.1, 0.15) is 57.8 Å². The smallest absolute Gasteiger partial charge is 0.137 e. The summed E-state index contributed by atoms with van der Waals surface area (Å²) in [5.74, 6) is 1.74. The maximum atomic E-state index is 9.62. The second-order valence-corrected chi connectivity index (χ2v) is 6.08. The molecule has 20 heavy (non-hydrogen) atoms. The Labute approximate surface area is 127 Å². The van der Waals surface area contributed by atoms with Gasteiger partial charge in [-0.3, -0.25) is 0 Å². The van der Waals surface area contributed by atoms with Gasteiger partial charge in [-0.1, -0.05) is 39.3 Å². The highest BCUT2D eigenvalue weighted by molar-refractivity contribution is 6.30. The number of aliphatic hydroxyl groups is 1. The fourth-order valence-corrected chi connectivity index (χ4v) is 2.16. The summed E-state index contributed by atoms with van der Waals surface area (Å²) in [6, 6.07) is 0. The van der Waals surface area contributed by atoms with E-state index in [4.69, 9.17) is 11.6 Å². The zero-order chi connectivity index (χ0) is 15.3. The number of nitrogens with one attached hydrogen (secondary N) is 1. The fraction of sp³-hybridized carbons (Fsp3) is 0.733. The van der Waals surface area contributed by atoms with E-state index in [1.165, 1.54) is 0 Å². The molecule has 0 amide bonds. The molecule has 0 aliphatic carbocycles. The number of halogens is 1. The van der Waals surface area contributed by atoms with Gasteiger partial charge in [0.1, 0.15) is 16.8 Å². The zero-order valence-electron chi connectivity index (χ0n) is 13.1. The molecule has 5 heteroatoms. The standard InChI is InChI=1S/C15H26ClN3O/c1-6-15(7-2,9-20)8-17-14-11(5)12(16)18-13(19-14)10(3)4/h10,20H,6-9H2,1-5H3,(H,17,18,19). The van der Waals surface area contributed by atoms with Gasteiger partial charge >= 0.3 is 0 Å². The van der Waals surface area contributed by atoms with Crippen LogP contribution in [0.25, 0.3) is 0 Å². The lowest BCUT2D eigenvalue weighted by atomic mass is 9.83. The van der Waals surface area contributed by atoms with E-state index >= 15 is 0 Å². The number of aliphatic hydroxyl groups excluding tert-OH is 1. The molecule has 0 unspecified atom stereocenters. The molecular weight excluding hydrogens is 274 g/mol. The van der Waals surface area contributed by atoms with Crippen LogP contribution in [-0.2, 0) is 0 Å². The van der Waals surface area contributed by atoms with Crippen molar-refractivity contribution in [2.45, 2.75) is 53.4 Å². The maximum absolute atomic E-state index is 9.62. The lowest BCUT2D eigenvalue weighted by Crippen LogP contribution is -2.32. The summed E-state index contributed by atoms with van der Waals surface area (Å²) in [4.78, 5) is 8.85. The quantitative estimate of drug-likeness (QED) is 0.752. The van der Waals surface area contributed by atoms with Crippen molar-refractivity contribution in [3.8, 4) is 0 Å². The molecule has 0 spiro atoms. The van der Waals surface area contributed by atoms with E-state index in [9.17, 15) is 5.11 Å². The average molecular weight is 300 g/mol. The summed E-state index contributed by atoms with van der Waals surface area (Å²) in [5.41, 5.74) is 0.747. The predicted octanol–water partition coefficient (Wildman–Crippen LogP) is 3.77. The molecule has 1 heterocycles. The van der Waals surface area contributed by atoms with Gasteiger partial charge in [-0.05, 0) is 19.8 Å². The number of rotatable bonds is 7. The lowest BCUT2D eigenvalue weighted by molar-refractivity contribution is 0.127. The van der Waals surface area contributed by atoms with Gasteiger partial charge in [-0.15, -0.1) is 0 Å². The van der Waals surface area contributed by atoms with E-state index in [1.807, 2.05) is 20.8 Å². The van der Waals surface area contributed by atoms with Gasteiger partial charge in [-0.25, -0.2) is 9.97 Å². The maximum Gasteiger partial charge on any atom is 0.137 e. The van der Waals surface area contributed by atoms with Crippen molar-refractivity contribution in [3.63, 3.8) is 0 Å². The largest absolute Gasteiger partial charge is 0.396 e. The molecule has 0 atom stereocenters. The van der Waals surface area contributed by atoms with Crippen LogP contribution in [0.4, 0.5) is 5.82 Å². The highest BCUT2D eigenvalue weighted by Gasteiger charge is 2.25. The molecular formula is C15H26ClN3O. The van der Waals surface area contributed by atoms with Gasteiger partial charge < -0.3 is 10.4 Å². The molecule has 0 bridgehead atoms.